The van der Waals surface area contributed by atoms with Crippen molar-refractivity contribution in [2.24, 2.45) is 0 Å². The molecular weight excluding hydrogens is 454 g/mol. The summed E-state index contributed by atoms with van der Waals surface area (Å²) in [7, 11) is 2.86. The van der Waals surface area contributed by atoms with Crippen LogP contribution in [0.4, 0.5) is 17.1 Å². The zero-order valence-corrected chi connectivity index (χ0v) is 19.7. The van der Waals surface area contributed by atoms with Gasteiger partial charge >= 0.3 is 0 Å². The number of furan rings is 1. The third-order valence-corrected chi connectivity index (χ3v) is 4.83. The van der Waals surface area contributed by atoms with Gasteiger partial charge in [0, 0.05) is 25.0 Å². The lowest BCUT2D eigenvalue weighted by Crippen LogP contribution is -2.18. The quantitative estimate of drug-likeness (QED) is 0.372. The lowest BCUT2D eigenvalue weighted by molar-refractivity contribution is -0.121. The second-order valence-electron chi connectivity index (χ2n) is 7.21. The van der Waals surface area contributed by atoms with Crippen LogP contribution in [-0.2, 0) is 9.59 Å². The van der Waals surface area contributed by atoms with E-state index >= 15 is 0 Å². The number of carbonyl (C=O) groups excluding carboxylic acids is 3. The zero-order chi connectivity index (χ0) is 25.2. The third-order valence-electron chi connectivity index (χ3n) is 4.83. The number of hydrogen-bond acceptors (Lipinski definition) is 7. The number of benzene rings is 2. The Balaban J connectivity index is 1.63. The van der Waals surface area contributed by atoms with E-state index in [1.54, 1.807) is 24.3 Å². The predicted molar refractivity (Wildman–Crippen MR) is 130 cm³/mol. The van der Waals surface area contributed by atoms with Crippen molar-refractivity contribution < 1.29 is 33.0 Å². The highest BCUT2D eigenvalue weighted by atomic mass is 16.5. The van der Waals surface area contributed by atoms with Crippen LogP contribution in [0.5, 0.6) is 17.2 Å². The van der Waals surface area contributed by atoms with Crippen molar-refractivity contribution in [3.63, 3.8) is 0 Å². The van der Waals surface area contributed by atoms with Gasteiger partial charge < -0.3 is 34.6 Å². The topological polar surface area (TPSA) is 128 Å². The summed E-state index contributed by atoms with van der Waals surface area (Å²) >= 11 is 0. The highest BCUT2D eigenvalue weighted by molar-refractivity contribution is 6.04. The van der Waals surface area contributed by atoms with E-state index in [0.717, 1.165) is 0 Å². The summed E-state index contributed by atoms with van der Waals surface area (Å²) in [5, 5.41) is 8.15. The molecule has 3 aromatic rings. The van der Waals surface area contributed by atoms with E-state index in [4.69, 9.17) is 18.6 Å². The minimum atomic E-state index is -0.468. The molecule has 0 aliphatic rings. The monoisotopic (exact) mass is 481 g/mol. The van der Waals surface area contributed by atoms with Gasteiger partial charge in [0.15, 0.2) is 5.76 Å². The molecule has 184 valence electrons. The van der Waals surface area contributed by atoms with Crippen molar-refractivity contribution >= 4 is 34.8 Å². The molecule has 1 aromatic heterocycles. The average Bonchev–Trinajstić information content (AvgIpc) is 3.40. The summed E-state index contributed by atoms with van der Waals surface area (Å²) in [6, 6.07) is 13.2. The fraction of sp³-hybridized carbons (Fsp3) is 0.240. The molecule has 0 saturated carbocycles. The summed E-state index contributed by atoms with van der Waals surface area (Å²) in [5.41, 5.74) is 1.20. The Kier molecular flexibility index (Phi) is 8.71. The van der Waals surface area contributed by atoms with Crippen LogP contribution >= 0.6 is 0 Å². The minimum Gasteiger partial charge on any atom is -0.494 e. The van der Waals surface area contributed by atoms with Gasteiger partial charge in [-0.3, -0.25) is 14.4 Å². The van der Waals surface area contributed by atoms with Gasteiger partial charge in [0.1, 0.15) is 17.2 Å². The van der Waals surface area contributed by atoms with Crippen molar-refractivity contribution in [2.75, 3.05) is 36.8 Å². The predicted octanol–water partition coefficient (Wildman–Crippen LogP) is 4.31. The number of para-hydroxylation sites is 2. The lowest BCUT2D eigenvalue weighted by Gasteiger charge is -2.16. The van der Waals surface area contributed by atoms with E-state index in [2.05, 4.69) is 16.0 Å². The molecule has 2 aromatic carbocycles. The Morgan fingerprint density at radius 2 is 1.37 bits per heavy atom. The fourth-order valence-electron chi connectivity index (χ4n) is 3.19. The first-order valence-electron chi connectivity index (χ1n) is 10.9. The van der Waals surface area contributed by atoms with Gasteiger partial charge in [-0.25, -0.2) is 0 Å². The molecule has 0 unspecified atom stereocenters. The van der Waals surface area contributed by atoms with Crippen LogP contribution in [0, 0.1) is 0 Å². The average molecular weight is 482 g/mol. The second kappa shape index (κ2) is 12.1. The number of anilines is 3. The molecule has 0 spiro atoms. The molecule has 0 aliphatic heterocycles. The second-order valence-corrected chi connectivity index (χ2v) is 7.21. The molecule has 0 fully saturated rings. The summed E-state index contributed by atoms with van der Waals surface area (Å²) in [6.07, 6.45) is 1.29. The van der Waals surface area contributed by atoms with Crippen LogP contribution in [0.3, 0.4) is 0 Å². The highest BCUT2D eigenvalue weighted by Crippen LogP contribution is 2.37. The molecule has 3 N–H and O–H groups in total. The van der Waals surface area contributed by atoms with E-state index in [-0.39, 0.29) is 24.5 Å². The first-order chi connectivity index (χ1) is 16.9. The van der Waals surface area contributed by atoms with E-state index in [1.807, 2.05) is 13.0 Å². The van der Waals surface area contributed by atoms with Gasteiger partial charge in [-0.15, -0.1) is 0 Å². The molecule has 1 heterocycles. The maximum Gasteiger partial charge on any atom is 0.291 e. The Morgan fingerprint density at radius 1 is 0.771 bits per heavy atom. The number of carbonyl (C=O) groups is 3. The molecular formula is C25H27N3O7. The standard InChI is InChI=1S/C25H27N3O7/c1-4-34-19-9-6-5-8-16(19)26-23(29)11-12-24(30)27-17-14-22(33-3)18(15-21(17)32-2)28-25(31)20-10-7-13-35-20/h5-10,13-15H,4,11-12H2,1-3H3,(H,26,29)(H,27,30)(H,28,31). The van der Waals surface area contributed by atoms with Crippen molar-refractivity contribution in [3.05, 3.63) is 60.6 Å². The Morgan fingerprint density at radius 3 is 1.94 bits per heavy atom. The highest BCUT2D eigenvalue weighted by Gasteiger charge is 2.18. The third kappa shape index (κ3) is 6.76. The van der Waals surface area contributed by atoms with Gasteiger partial charge in [-0.05, 0) is 31.2 Å². The first kappa shape index (κ1) is 25.2. The lowest BCUT2D eigenvalue weighted by atomic mass is 10.2. The van der Waals surface area contributed by atoms with Crippen LogP contribution in [0.2, 0.25) is 0 Å². The first-order valence-corrected chi connectivity index (χ1v) is 10.9. The summed E-state index contributed by atoms with van der Waals surface area (Å²) in [5.74, 6) is 0.0903. The Hall–Kier alpha value is -4.47. The number of amides is 3. The summed E-state index contributed by atoms with van der Waals surface area (Å²) < 4.78 is 21.3. The minimum absolute atomic E-state index is 0.0387. The van der Waals surface area contributed by atoms with E-state index in [0.29, 0.717) is 40.9 Å². The molecule has 0 bridgehead atoms. The molecule has 10 heteroatoms. The number of ether oxygens (including phenoxy) is 3. The number of methoxy groups -OCH3 is 2. The van der Waals surface area contributed by atoms with Crippen LogP contribution in [0.15, 0.2) is 59.2 Å². The van der Waals surface area contributed by atoms with E-state index < -0.39 is 11.8 Å². The largest absolute Gasteiger partial charge is 0.494 e. The molecule has 0 atom stereocenters. The van der Waals surface area contributed by atoms with Crippen LogP contribution in [0.25, 0.3) is 0 Å². The number of rotatable bonds is 11. The summed E-state index contributed by atoms with van der Waals surface area (Å²) in [4.78, 5) is 37.2. The molecule has 0 aliphatic carbocycles. The van der Waals surface area contributed by atoms with Gasteiger partial charge in [0.25, 0.3) is 5.91 Å². The van der Waals surface area contributed by atoms with Gasteiger partial charge in [-0.1, -0.05) is 12.1 Å². The fourth-order valence-corrected chi connectivity index (χ4v) is 3.19. The maximum absolute atomic E-state index is 12.5. The van der Waals surface area contributed by atoms with Gasteiger partial charge in [-0.2, -0.15) is 0 Å². The molecule has 10 nitrogen and oxygen atoms in total. The molecule has 3 amide bonds. The Labute approximate surface area is 202 Å². The van der Waals surface area contributed by atoms with Gasteiger partial charge in [0.05, 0.1) is 44.2 Å². The van der Waals surface area contributed by atoms with Gasteiger partial charge in [0.2, 0.25) is 11.8 Å². The van der Waals surface area contributed by atoms with Crippen molar-refractivity contribution in [2.45, 2.75) is 19.8 Å². The normalized spacial score (nSPS) is 10.3. The zero-order valence-electron chi connectivity index (χ0n) is 19.7. The van der Waals surface area contributed by atoms with Crippen LogP contribution in [-0.4, -0.2) is 38.5 Å². The van der Waals surface area contributed by atoms with E-state index in [9.17, 15) is 14.4 Å². The van der Waals surface area contributed by atoms with Crippen LogP contribution in [0.1, 0.15) is 30.3 Å². The van der Waals surface area contributed by atoms with Crippen LogP contribution < -0.4 is 30.2 Å². The molecule has 0 radical (unpaired) electrons. The summed E-state index contributed by atoms with van der Waals surface area (Å²) in [6.45, 7) is 2.32. The molecule has 0 saturated heterocycles. The van der Waals surface area contributed by atoms with Crippen molar-refractivity contribution in [3.8, 4) is 17.2 Å². The van der Waals surface area contributed by atoms with Crippen molar-refractivity contribution in [1.29, 1.82) is 0 Å². The molecule has 3 rings (SSSR count). The number of hydrogen-bond donors (Lipinski definition) is 3. The SMILES string of the molecule is CCOc1ccccc1NC(=O)CCC(=O)Nc1cc(OC)c(NC(=O)c2ccco2)cc1OC. The maximum atomic E-state index is 12.5. The molecule has 35 heavy (non-hydrogen) atoms. The number of nitrogens with one attached hydrogen (secondary N) is 3. The van der Waals surface area contributed by atoms with Crippen molar-refractivity contribution in [1.82, 2.24) is 0 Å². The Bertz CT molecular complexity index is 1180. The van der Waals surface area contributed by atoms with E-state index in [1.165, 1.54) is 38.7 Å². The smallest absolute Gasteiger partial charge is 0.291 e.